The molecule has 2 amide bonds. The van der Waals surface area contributed by atoms with Crippen molar-refractivity contribution in [3.05, 3.63) is 71.3 Å². The van der Waals surface area contributed by atoms with Gasteiger partial charge in [0.2, 0.25) is 0 Å². The second-order valence-electron chi connectivity index (χ2n) is 10.8. The van der Waals surface area contributed by atoms with Gasteiger partial charge in [0.25, 0.3) is 11.8 Å². The van der Waals surface area contributed by atoms with Crippen molar-refractivity contribution in [2.24, 2.45) is 0 Å². The normalized spacial score (nSPS) is 29.4. The number of aliphatic hydroxyl groups excluding tert-OH is 1. The molecule has 3 heterocycles. The Balaban J connectivity index is 1.65. The lowest BCUT2D eigenvalue weighted by Gasteiger charge is -2.32. The fourth-order valence-corrected chi connectivity index (χ4v) is 5.40. The SMILES string of the molecule is CCCC[C@@H](O)[C@@]1(B2OC(C)(C)C(C)(C)O2)[C@@H](c2ccccc2)N1N1C(=O)c2ccccc2C1=O. The number of amides is 2. The first-order valence-electron chi connectivity index (χ1n) is 12.4. The number of imide groups is 1. The Kier molecular flexibility index (Phi) is 5.72. The summed E-state index contributed by atoms with van der Waals surface area (Å²) in [7, 11) is -0.853. The minimum Gasteiger partial charge on any atom is -0.402 e. The third-order valence-electron chi connectivity index (χ3n) is 8.11. The van der Waals surface area contributed by atoms with Crippen molar-refractivity contribution in [1.82, 2.24) is 10.0 Å². The van der Waals surface area contributed by atoms with E-state index in [1.165, 1.54) is 5.01 Å². The molecular weight excluding hydrogens is 443 g/mol. The number of hydrogen-bond acceptors (Lipinski definition) is 6. The average Bonchev–Trinajstić information content (AvgIpc) is 3.38. The molecule has 0 saturated carbocycles. The molecule has 2 saturated heterocycles. The topological polar surface area (TPSA) is 79.1 Å². The van der Waals surface area contributed by atoms with Crippen molar-refractivity contribution in [3.8, 4) is 0 Å². The molecule has 2 aromatic rings. The van der Waals surface area contributed by atoms with Crippen LogP contribution in [0.5, 0.6) is 0 Å². The molecule has 35 heavy (non-hydrogen) atoms. The van der Waals surface area contributed by atoms with Gasteiger partial charge >= 0.3 is 7.12 Å². The first kappa shape index (κ1) is 24.2. The smallest absolute Gasteiger partial charge is 0.402 e. The molecule has 4 atom stereocenters. The van der Waals surface area contributed by atoms with Crippen molar-refractivity contribution >= 4 is 18.9 Å². The fraction of sp³-hybridized carbons (Fsp3) is 0.481. The van der Waals surface area contributed by atoms with Crippen molar-refractivity contribution < 1.29 is 24.0 Å². The first-order valence-corrected chi connectivity index (χ1v) is 12.4. The van der Waals surface area contributed by atoms with E-state index < -0.39 is 47.7 Å². The van der Waals surface area contributed by atoms with Crippen LogP contribution in [0.3, 0.4) is 0 Å². The van der Waals surface area contributed by atoms with Crippen LogP contribution in [0.1, 0.15) is 86.2 Å². The number of hydrazine groups is 1. The van der Waals surface area contributed by atoms with Gasteiger partial charge in [-0.15, -0.1) is 0 Å². The number of carbonyl (C=O) groups excluding carboxylic acids is 2. The maximum absolute atomic E-state index is 13.6. The number of fused-ring (bicyclic) bond motifs is 1. The molecule has 1 unspecified atom stereocenters. The third kappa shape index (κ3) is 3.42. The summed E-state index contributed by atoms with van der Waals surface area (Å²) < 4.78 is 13.0. The zero-order chi connectivity index (χ0) is 25.2. The Morgan fingerprint density at radius 3 is 1.94 bits per heavy atom. The lowest BCUT2D eigenvalue weighted by Crippen LogP contribution is -2.54. The second-order valence-corrected chi connectivity index (χ2v) is 10.8. The summed E-state index contributed by atoms with van der Waals surface area (Å²) in [6.45, 7) is 9.92. The van der Waals surface area contributed by atoms with E-state index in [-0.39, 0.29) is 0 Å². The van der Waals surface area contributed by atoms with Crippen molar-refractivity contribution in [2.75, 3.05) is 0 Å². The summed E-state index contributed by atoms with van der Waals surface area (Å²) in [5, 5.41) is 14.7. The number of aliphatic hydroxyl groups is 1. The maximum atomic E-state index is 13.6. The van der Waals surface area contributed by atoms with E-state index in [0.29, 0.717) is 17.5 Å². The highest BCUT2D eigenvalue weighted by atomic mass is 16.7. The second kappa shape index (κ2) is 8.27. The van der Waals surface area contributed by atoms with Gasteiger partial charge in [0.15, 0.2) is 0 Å². The van der Waals surface area contributed by atoms with Crippen molar-refractivity contribution in [2.45, 2.75) is 82.7 Å². The Hall–Kier alpha value is -2.52. The lowest BCUT2D eigenvalue weighted by atomic mass is 9.63. The zero-order valence-electron chi connectivity index (χ0n) is 21.0. The van der Waals surface area contributed by atoms with Gasteiger partial charge in [-0.25, -0.2) is 5.01 Å². The highest BCUT2D eigenvalue weighted by molar-refractivity contribution is 6.52. The van der Waals surface area contributed by atoms with Crippen LogP contribution in [0.15, 0.2) is 54.6 Å². The fourth-order valence-electron chi connectivity index (χ4n) is 5.40. The standard InChI is InChI=1S/C27H33BN2O5/c1-6-7-17-21(31)27(28-34-25(2,3)26(4,5)35-28)22(18-13-9-8-10-14-18)30(27)29-23(32)19-15-11-12-16-20(19)24(29)33/h8-16,21-22,31H,6-7,17H2,1-5H3/t21-,22-,27+,30?/m1/s1. The minimum atomic E-state index is -1.14. The first-order chi connectivity index (χ1) is 16.6. The molecule has 7 nitrogen and oxygen atoms in total. The Labute approximate surface area is 207 Å². The van der Waals surface area contributed by atoms with Crippen LogP contribution in [-0.2, 0) is 9.31 Å². The van der Waals surface area contributed by atoms with Gasteiger partial charge in [-0.2, -0.15) is 5.01 Å². The van der Waals surface area contributed by atoms with E-state index in [2.05, 4.69) is 6.92 Å². The summed E-state index contributed by atoms with van der Waals surface area (Å²) in [6, 6.07) is 16.0. The summed E-state index contributed by atoms with van der Waals surface area (Å²) in [5.41, 5.74) is -0.827. The van der Waals surface area contributed by atoms with E-state index in [1.54, 1.807) is 29.3 Å². The number of rotatable bonds is 7. The van der Waals surface area contributed by atoms with Gasteiger partial charge < -0.3 is 14.4 Å². The van der Waals surface area contributed by atoms with Crippen molar-refractivity contribution in [1.29, 1.82) is 0 Å². The van der Waals surface area contributed by atoms with E-state index in [0.717, 1.165) is 18.4 Å². The summed E-state index contributed by atoms with van der Waals surface area (Å²) >= 11 is 0. The Bertz CT molecular complexity index is 1100. The number of nitrogens with zero attached hydrogens (tertiary/aromatic N) is 2. The van der Waals surface area contributed by atoms with Crippen LogP contribution in [0.25, 0.3) is 0 Å². The van der Waals surface area contributed by atoms with E-state index >= 15 is 0 Å². The molecule has 0 spiro atoms. The summed E-state index contributed by atoms with van der Waals surface area (Å²) in [5.74, 6) is -0.791. The molecule has 1 N–H and O–H groups in total. The zero-order valence-corrected chi connectivity index (χ0v) is 21.0. The van der Waals surface area contributed by atoms with Crippen LogP contribution in [0.2, 0.25) is 0 Å². The monoisotopic (exact) mass is 476 g/mol. The molecule has 0 aromatic heterocycles. The van der Waals surface area contributed by atoms with Crippen LogP contribution in [-0.4, -0.2) is 56.8 Å². The molecular formula is C27H33BN2O5. The number of carbonyl (C=O) groups is 2. The van der Waals surface area contributed by atoms with Crippen LogP contribution >= 0.6 is 0 Å². The molecule has 8 heteroatoms. The molecule has 2 aromatic carbocycles. The van der Waals surface area contributed by atoms with Gasteiger partial charge in [0.1, 0.15) is 5.44 Å². The van der Waals surface area contributed by atoms with Gasteiger partial charge in [-0.3, -0.25) is 9.59 Å². The van der Waals surface area contributed by atoms with E-state index in [4.69, 9.17) is 9.31 Å². The average molecular weight is 476 g/mol. The molecule has 2 fully saturated rings. The third-order valence-corrected chi connectivity index (χ3v) is 8.11. The quantitative estimate of drug-likeness (QED) is 0.367. The van der Waals surface area contributed by atoms with Gasteiger partial charge in [0, 0.05) is 0 Å². The van der Waals surface area contributed by atoms with Gasteiger partial charge in [-0.05, 0) is 51.8 Å². The number of unbranched alkanes of at least 4 members (excludes halogenated alkanes) is 1. The summed E-state index contributed by atoms with van der Waals surface area (Å²) in [6.07, 6.45) is 1.29. The van der Waals surface area contributed by atoms with Crippen LogP contribution in [0.4, 0.5) is 0 Å². The Morgan fingerprint density at radius 1 is 0.914 bits per heavy atom. The molecule has 0 radical (unpaired) electrons. The molecule has 0 bridgehead atoms. The predicted molar refractivity (Wildman–Crippen MR) is 132 cm³/mol. The predicted octanol–water partition coefficient (Wildman–Crippen LogP) is 4.18. The van der Waals surface area contributed by atoms with E-state index in [9.17, 15) is 14.7 Å². The molecule has 3 aliphatic rings. The maximum Gasteiger partial charge on any atom is 0.486 e. The van der Waals surface area contributed by atoms with Crippen LogP contribution in [0, 0.1) is 0 Å². The number of benzene rings is 2. The molecule has 3 aliphatic heterocycles. The highest BCUT2D eigenvalue weighted by Gasteiger charge is 2.81. The Morgan fingerprint density at radius 2 is 1.43 bits per heavy atom. The van der Waals surface area contributed by atoms with Crippen LogP contribution < -0.4 is 0 Å². The molecule has 184 valence electrons. The molecule has 0 aliphatic carbocycles. The highest BCUT2D eigenvalue weighted by Crippen LogP contribution is 2.62. The molecule has 5 rings (SSSR count). The lowest BCUT2D eigenvalue weighted by molar-refractivity contribution is 0.00578. The van der Waals surface area contributed by atoms with Gasteiger partial charge in [0.05, 0.1) is 34.5 Å². The largest absolute Gasteiger partial charge is 0.486 e. The van der Waals surface area contributed by atoms with Gasteiger partial charge in [-0.1, -0.05) is 62.2 Å². The van der Waals surface area contributed by atoms with E-state index in [1.807, 2.05) is 58.0 Å². The number of hydrogen-bond donors (Lipinski definition) is 1. The van der Waals surface area contributed by atoms with Crippen molar-refractivity contribution in [3.63, 3.8) is 0 Å². The minimum absolute atomic E-state index is 0.363. The summed E-state index contributed by atoms with van der Waals surface area (Å²) in [4.78, 5) is 27.1.